The van der Waals surface area contributed by atoms with E-state index in [1.54, 1.807) is 44.2 Å². The van der Waals surface area contributed by atoms with Gasteiger partial charge in [0.05, 0.1) is 16.8 Å². The lowest BCUT2D eigenvalue weighted by molar-refractivity contribution is -0.143. The fourth-order valence-electron chi connectivity index (χ4n) is 11.7. The zero-order valence-electron chi connectivity index (χ0n) is 56.9. The summed E-state index contributed by atoms with van der Waals surface area (Å²) >= 11 is 0. The zero-order chi connectivity index (χ0) is 73.3. The number of hydrogen-bond acceptors (Lipinski definition) is 16. The summed E-state index contributed by atoms with van der Waals surface area (Å²) in [6.45, 7) is 5.39. The maximum Gasteiger partial charge on any atom is 0.407 e. The Morgan fingerprint density at radius 3 is 1.94 bits per heavy atom. The topological polar surface area (TPSA) is 461 Å². The third kappa shape index (κ3) is 22.9. The molecule has 5 aromatic carbocycles. The number of unbranched alkanes of at least 4 members (excludes halogenated alkanes) is 2. The number of alkyl carbamates (subject to hydrolysis) is 1. The van der Waals surface area contributed by atoms with Crippen molar-refractivity contribution in [2.45, 2.75) is 144 Å². The van der Waals surface area contributed by atoms with E-state index < -0.39 is 100 Å². The molecular formula is C71H89N17O12S2. The summed E-state index contributed by atoms with van der Waals surface area (Å²) in [6, 6.07) is 26.0. The number of carboxylic acid groups (broad SMARTS) is 1. The Bertz CT molecular complexity index is 3930. The molecule has 102 heavy (non-hydrogen) atoms. The van der Waals surface area contributed by atoms with Crippen LogP contribution in [0.1, 0.15) is 116 Å². The quantitative estimate of drug-likeness (QED) is 0.0138. The molecular weight excluding hydrogens is 1350 g/mol. The molecule has 1 fully saturated rings. The number of guanidine groups is 2. The molecule has 1 aliphatic heterocycles. The molecule has 0 radical (unpaired) electrons. The lowest BCUT2D eigenvalue weighted by atomic mass is 9.98. The highest BCUT2D eigenvalue weighted by molar-refractivity contribution is 8.77. The molecule has 1 aliphatic carbocycles. The second-order valence-corrected chi connectivity index (χ2v) is 28.4. The minimum Gasteiger partial charge on any atom is -0.480 e. The van der Waals surface area contributed by atoms with Gasteiger partial charge in [0, 0.05) is 68.9 Å². The Hall–Kier alpha value is -10.7. The summed E-state index contributed by atoms with van der Waals surface area (Å²) in [7, 11) is 1.95. The van der Waals surface area contributed by atoms with Crippen LogP contribution < -0.4 is 70.0 Å². The molecule has 0 saturated carbocycles. The first-order valence-corrected chi connectivity index (χ1v) is 36.0. The second-order valence-electron chi connectivity index (χ2n) is 25.4. The van der Waals surface area contributed by atoms with Gasteiger partial charge in [-0.05, 0) is 116 Å². The normalized spacial score (nSPS) is 18.3. The molecule has 1 aromatic heterocycles. The lowest BCUT2D eigenvalue weighted by Gasteiger charge is -2.32. The number of fused-ring (bicyclic) bond motifs is 4. The molecule has 2 heterocycles. The van der Waals surface area contributed by atoms with Crippen LogP contribution in [-0.4, -0.2) is 165 Å². The van der Waals surface area contributed by atoms with Crippen molar-refractivity contribution >= 4 is 104 Å². The second kappa shape index (κ2) is 37.7. The number of aromatic nitrogens is 2. The number of carbonyl (C=O) groups excluding carboxylic acids is 9. The molecule has 29 nitrogen and oxygen atoms in total. The van der Waals surface area contributed by atoms with Crippen molar-refractivity contribution in [1.82, 2.24) is 68.5 Å². The van der Waals surface area contributed by atoms with Crippen molar-refractivity contribution in [1.29, 1.82) is 10.8 Å². The van der Waals surface area contributed by atoms with Gasteiger partial charge in [0.25, 0.3) is 5.91 Å². The molecule has 0 bridgehead atoms. The summed E-state index contributed by atoms with van der Waals surface area (Å²) in [5.74, 6) is -8.26. The number of ether oxygens (including phenoxy) is 1. The van der Waals surface area contributed by atoms with E-state index in [4.69, 9.17) is 27.0 Å². The molecule has 9 amide bonds. The fraction of sp³-hybridized carbons (Fsp3) is 0.394. The van der Waals surface area contributed by atoms with Crippen LogP contribution in [0.2, 0.25) is 0 Å². The predicted molar refractivity (Wildman–Crippen MR) is 388 cm³/mol. The van der Waals surface area contributed by atoms with Crippen molar-refractivity contribution < 1.29 is 57.8 Å². The average Bonchev–Trinajstić information content (AvgIpc) is 1.61. The van der Waals surface area contributed by atoms with E-state index in [0.717, 1.165) is 60.2 Å². The van der Waals surface area contributed by atoms with Crippen LogP contribution in [0.4, 0.5) is 4.79 Å². The highest BCUT2D eigenvalue weighted by atomic mass is 33.1. The van der Waals surface area contributed by atoms with Gasteiger partial charge in [-0.1, -0.05) is 131 Å². The van der Waals surface area contributed by atoms with Crippen LogP contribution in [0, 0.1) is 10.8 Å². The highest BCUT2D eigenvalue weighted by Crippen LogP contribution is 2.44. The zero-order valence-corrected chi connectivity index (χ0v) is 58.5. The molecule has 1 saturated heterocycles. The van der Waals surface area contributed by atoms with Gasteiger partial charge < -0.3 is 84.8 Å². The molecule has 8 rings (SSSR count). The van der Waals surface area contributed by atoms with Gasteiger partial charge in [-0.25, -0.2) is 14.6 Å². The van der Waals surface area contributed by atoms with Crippen molar-refractivity contribution in [3.05, 3.63) is 161 Å². The van der Waals surface area contributed by atoms with Crippen molar-refractivity contribution in [3.8, 4) is 11.1 Å². The molecule has 1 unspecified atom stereocenters. The SMILES string of the molecule is C[C@H](NC(=O)[C@H](CCCNC(=N)N)NC(=O)CCCCCNC(=O)c1ccc(CNC(=O)OCC2c3ccccc3-c3ccccc32)cc1)C(=O)NC1CSSC(C)(C)[C@@H](C(=O)O)NC(=O)[C@H](Cc2c[nH]cn2)NC(=O)[C@H](Cc2ccc3ccccc3c2)NC(=O)[C@H](CCCNC(=N)N)NC1=O. The summed E-state index contributed by atoms with van der Waals surface area (Å²) in [5.41, 5.74) is 17.7. The Balaban J connectivity index is 0.874. The number of carbonyl (C=O) groups is 10. The first-order chi connectivity index (χ1) is 48.9. The Kier molecular flexibility index (Phi) is 28.4. The fourth-order valence-corrected chi connectivity index (χ4v) is 14.5. The van der Waals surface area contributed by atoms with Crippen molar-refractivity contribution in [2.24, 2.45) is 11.5 Å². The number of aromatic amines is 1. The number of nitrogens with two attached hydrogens (primary N) is 2. The van der Waals surface area contributed by atoms with Gasteiger partial charge in [0.1, 0.15) is 48.9 Å². The molecule has 6 aromatic rings. The Morgan fingerprint density at radius 2 is 1.27 bits per heavy atom. The lowest BCUT2D eigenvalue weighted by Crippen LogP contribution is -2.61. The van der Waals surface area contributed by atoms with E-state index in [1.165, 1.54) is 19.4 Å². The van der Waals surface area contributed by atoms with Crippen molar-refractivity contribution in [3.63, 3.8) is 0 Å². The number of rotatable bonds is 29. The number of imidazole rings is 1. The minimum absolute atomic E-state index is 0.00478. The number of benzene rings is 5. The van der Waals surface area contributed by atoms with Crippen LogP contribution in [0.5, 0.6) is 0 Å². The highest BCUT2D eigenvalue weighted by Gasteiger charge is 2.41. The Morgan fingerprint density at radius 1 is 0.667 bits per heavy atom. The maximum atomic E-state index is 14.7. The maximum absolute atomic E-state index is 14.7. The van der Waals surface area contributed by atoms with E-state index in [2.05, 4.69) is 80.6 Å². The Labute approximate surface area is 598 Å². The number of nitrogens with zero attached hydrogens (tertiary/aromatic N) is 1. The third-order valence-corrected chi connectivity index (χ3v) is 20.5. The number of hydrogen-bond donors (Lipinski definition) is 17. The number of nitrogens with one attached hydrogen (secondary N) is 14. The molecule has 31 heteroatoms. The summed E-state index contributed by atoms with van der Waals surface area (Å²) in [6.07, 6.45) is 3.82. The molecule has 2 aliphatic rings. The largest absolute Gasteiger partial charge is 0.480 e. The van der Waals surface area contributed by atoms with Crippen LogP contribution in [0.3, 0.4) is 0 Å². The number of amides is 9. The van der Waals surface area contributed by atoms with Crippen LogP contribution in [-0.2, 0) is 62.5 Å². The first-order valence-electron chi connectivity index (χ1n) is 33.6. The summed E-state index contributed by atoms with van der Waals surface area (Å²) in [4.78, 5) is 146. The van der Waals surface area contributed by atoms with E-state index >= 15 is 0 Å². The molecule has 542 valence electrons. The van der Waals surface area contributed by atoms with E-state index in [1.807, 2.05) is 72.8 Å². The van der Waals surface area contributed by atoms with Crippen LogP contribution in [0.25, 0.3) is 21.9 Å². The number of H-pyrrole nitrogens is 1. The molecule has 7 atom stereocenters. The molecule has 19 N–H and O–H groups in total. The van der Waals surface area contributed by atoms with Crippen LogP contribution >= 0.6 is 21.6 Å². The van der Waals surface area contributed by atoms with Gasteiger partial charge in [-0.3, -0.25) is 49.2 Å². The van der Waals surface area contributed by atoms with E-state index in [9.17, 15) is 53.1 Å². The minimum atomic E-state index is -1.61. The standard InChI is InChI=1S/C71H89N17O12S2/c1-41(82-62(92)53(21-13-31-78-68(72)73)83-58(89)23-5-4-12-30-77-61(91)45-28-24-42(25-29-45)36-80-70(99)100-38-52-50-19-10-8-17-48(50)49-18-9-11-20-51(49)52)60(90)87-57-39-101-102-71(2,3)59(67(97)98)88-65(95)56(35-47-37-76-40-81-47)86-64(94)55(34-43-26-27-44-15-6-7-16-46(44)33-43)85-63(93)54(84-66(57)96)22-14-32-79-69(74)75/h6-11,15-20,24-29,33,37,40-41,52-57,59H,4-5,12-14,21-23,30-32,34-36,38-39H2,1-3H3,(H,76,81)(H,77,91)(H,80,99)(H,82,92)(H,83,89)(H,84,96)(H,85,93)(H,86,94)(H,87,90)(H,88,95)(H,97,98)(H4,72,73,78)(H4,74,75,79)/t41-,53-,54-,55-,56-,57?,59+/m0/s1. The van der Waals surface area contributed by atoms with Gasteiger partial charge in [-0.15, -0.1) is 0 Å². The van der Waals surface area contributed by atoms with E-state index in [0.29, 0.717) is 42.6 Å². The smallest absolute Gasteiger partial charge is 0.407 e. The van der Waals surface area contributed by atoms with Gasteiger partial charge >= 0.3 is 12.1 Å². The predicted octanol–water partition coefficient (Wildman–Crippen LogP) is 3.58. The van der Waals surface area contributed by atoms with Gasteiger partial charge in [0.15, 0.2) is 11.9 Å². The third-order valence-electron chi connectivity index (χ3n) is 17.2. The average molecular weight is 1440 g/mol. The molecule has 0 spiro atoms. The summed E-state index contributed by atoms with van der Waals surface area (Å²) < 4.78 is 4.30. The van der Waals surface area contributed by atoms with Crippen LogP contribution in [0.15, 0.2) is 128 Å². The summed E-state index contributed by atoms with van der Waals surface area (Å²) in [5, 5.41) is 57.5. The van der Waals surface area contributed by atoms with Gasteiger partial charge in [0.2, 0.25) is 41.4 Å². The van der Waals surface area contributed by atoms with Gasteiger partial charge in [-0.2, -0.15) is 0 Å². The van der Waals surface area contributed by atoms with E-state index in [-0.39, 0.29) is 101 Å². The number of carboxylic acids is 1. The first kappa shape index (κ1) is 77.1. The van der Waals surface area contributed by atoms with Crippen molar-refractivity contribution in [2.75, 3.05) is 32.0 Å². The number of aliphatic carboxylic acids is 1. The monoisotopic (exact) mass is 1440 g/mol.